The molecule has 3 heterocycles. The number of anilines is 1. The second kappa shape index (κ2) is 5.40. The van der Waals surface area contributed by atoms with Gasteiger partial charge in [0, 0.05) is 48.2 Å². The summed E-state index contributed by atoms with van der Waals surface area (Å²) in [4.78, 5) is 6.52. The summed E-state index contributed by atoms with van der Waals surface area (Å²) in [6, 6.07) is 9.18. The number of hydrogen-bond acceptors (Lipinski definition) is 3. The number of benzene rings is 1. The number of para-hydroxylation sites is 1. The van der Waals surface area contributed by atoms with Crippen LogP contribution in [-0.4, -0.2) is 28.3 Å². The van der Waals surface area contributed by atoms with Crippen LogP contribution in [0.15, 0.2) is 42.7 Å². The lowest BCUT2D eigenvalue weighted by Gasteiger charge is -2.34. The van der Waals surface area contributed by atoms with Crippen molar-refractivity contribution in [3.63, 3.8) is 0 Å². The molecular weight excluding hydrogens is 279 g/mol. The first kappa shape index (κ1) is 13.2. The third-order valence-corrected chi connectivity index (χ3v) is 4.42. The quantitative estimate of drug-likeness (QED) is 0.787. The van der Waals surface area contributed by atoms with Crippen LogP contribution >= 0.6 is 0 Å². The minimum absolute atomic E-state index is 0.263. The lowest BCUT2D eigenvalue weighted by molar-refractivity contribution is 0.501. The van der Waals surface area contributed by atoms with Gasteiger partial charge in [-0.1, -0.05) is 12.1 Å². The van der Waals surface area contributed by atoms with Gasteiger partial charge >= 0.3 is 0 Å². The van der Waals surface area contributed by atoms with E-state index in [1.54, 1.807) is 18.5 Å². The van der Waals surface area contributed by atoms with Crippen LogP contribution in [0.4, 0.5) is 10.1 Å². The first-order chi connectivity index (χ1) is 10.8. The van der Waals surface area contributed by atoms with Crippen LogP contribution in [0.3, 0.4) is 0 Å². The summed E-state index contributed by atoms with van der Waals surface area (Å²) in [6.45, 7) is 1.90. The van der Waals surface area contributed by atoms with Gasteiger partial charge in [0.2, 0.25) is 0 Å². The van der Waals surface area contributed by atoms with Crippen molar-refractivity contribution in [1.29, 1.82) is 0 Å². The van der Waals surface area contributed by atoms with Crippen LogP contribution in [0, 0.1) is 5.82 Å². The Bertz CT molecular complexity index is 784. The number of rotatable bonds is 2. The molecule has 4 nitrogen and oxygen atoms in total. The van der Waals surface area contributed by atoms with Crippen molar-refractivity contribution in [3.8, 4) is 0 Å². The highest BCUT2D eigenvalue weighted by Crippen LogP contribution is 2.32. The number of hydrogen-bond donors (Lipinski definition) is 1. The van der Waals surface area contributed by atoms with Crippen LogP contribution in [0.1, 0.15) is 24.5 Å². The zero-order chi connectivity index (χ0) is 14.9. The van der Waals surface area contributed by atoms with Crippen molar-refractivity contribution in [1.82, 2.24) is 15.2 Å². The summed E-state index contributed by atoms with van der Waals surface area (Å²) in [5.41, 5.74) is 2.69. The number of H-pyrrole nitrogens is 1. The Kier molecular flexibility index (Phi) is 3.25. The van der Waals surface area contributed by atoms with Gasteiger partial charge in [-0.25, -0.2) is 4.39 Å². The summed E-state index contributed by atoms with van der Waals surface area (Å²) in [6.07, 6.45) is 5.75. The molecule has 0 bridgehead atoms. The van der Waals surface area contributed by atoms with E-state index in [-0.39, 0.29) is 5.82 Å². The van der Waals surface area contributed by atoms with Crippen molar-refractivity contribution in [2.75, 3.05) is 18.0 Å². The maximum absolute atomic E-state index is 13.9. The van der Waals surface area contributed by atoms with Crippen molar-refractivity contribution in [3.05, 3.63) is 54.2 Å². The van der Waals surface area contributed by atoms with Gasteiger partial charge in [-0.15, -0.1) is 0 Å². The normalized spacial score (nSPS) is 18.8. The monoisotopic (exact) mass is 296 g/mol. The fourth-order valence-electron chi connectivity index (χ4n) is 3.34. The smallest absolute Gasteiger partial charge is 0.149 e. The average Bonchev–Trinajstić information content (AvgIpc) is 3.09. The molecule has 1 N–H and O–H groups in total. The third kappa shape index (κ3) is 2.22. The van der Waals surface area contributed by atoms with Crippen LogP contribution in [0.25, 0.3) is 10.9 Å². The lowest BCUT2D eigenvalue weighted by atomic mass is 9.94. The molecule has 0 amide bonds. The van der Waals surface area contributed by atoms with Gasteiger partial charge in [0.15, 0.2) is 0 Å². The summed E-state index contributed by atoms with van der Waals surface area (Å²) in [5, 5.41) is 8.01. The summed E-state index contributed by atoms with van der Waals surface area (Å²) >= 11 is 0. The van der Waals surface area contributed by atoms with E-state index < -0.39 is 0 Å². The van der Waals surface area contributed by atoms with E-state index in [1.807, 2.05) is 18.2 Å². The van der Waals surface area contributed by atoms with Crippen LogP contribution < -0.4 is 4.90 Å². The van der Waals surface area contributed by atoms with E-state index in [9.17, 15) is 4.39 Å². The molecule has 0 spiro atoms. The highest BCUT2D eigenvalue weighted by molar-refractivity contribution is 5.91. The first-order valence-corrected chi connectivity index (χ1v) is 7.60. The van der Waals surface area contributed by atoms with E-state index >= 15 is 0 Å². The highest BCUT2D eigenvalue weighted by atomic mass is 19.1. The minimum atomic E-state index is -0.263. The fourth-order valence-corrected chi connectivity index (χ4v) is 3.34. The lowest BCUT2D eigenvalue weighted by Crippen LogP contribution is -2.34. The molecule has 0 saturated carbocycles. The molecule has 3 aromatic rings. The van der Waals surface area contributed by atoms with E-state index in [1.165, 1.54) is 11.8 Å². The second-order valence-corrected chi connectivity index (χ2v) is 5.76. The van der Waals surface area contributed by atoms with E-state index in [0.717, 1.165) is 37.0 Å². The predicted octanol–water partition coefficient (Wildman–Crippen LogP) is 3.48. The van der Waals surface area contributed by atoms with Crippen molar-refractivity contribution >= 4 is 16.6 Å². The maximum atomic E-state index is 13.9. The van der Waals surface area contributed by atoms with Crippen LogP contribution in [-0.2, 0) is 0 Å². The Labute approximate surface area is 128 Å². The van der Waals surface area contributed by atoms with Gasteiger partial charge in [0.1, 0.15) is 11.3 Å². The Hall–Kier alpha value is -2.43. The average molecular weight is 296 g/mol. The van der Waals surface area contributed by atoms with Crippen LogP contribution in [0.2, 0.25) is 0 Å². The fraction of sp³-hybridized carbons (Fsp3) is 0.294. The van der Waals surface area contributed by atoms with E-state index in [4.69, 9.17) is 0 Å². The molecule has 22 heavy (non-hydrogen) atoms. The zero-order valence-corrected chi connectivity index (χ0v) is 12.2. The largest absolute Gasteiger partial charge is 0.370 e. The third-order valence-electron chi connectivity index (χ3n) is 4.42. The van der Waals surface area contributed by atoms with Gasteiger partial charge in [-0.3, -0.25) is 10.1 Å². The molecule has 1 aliphatic heterocycles. The van der Waals surface area contributed by atoms with Crippen molar-refractivity contribution in [2.24, 2.45) is 0 Å². The summed E-state index contributed by atoms with van der Waals surface area (Å²) < 4.78 is 13.9. The van der Waals surface area contributed by atoms with Crippen LogP contribution in [0.5, 0.6) is 0 Å². The summed E-state index contributed by atoms with van der Waals surface area (Å²) in [5.74, 6) is 0.175. The van der Waals surface area contributed by atoms with Gasteiger partial charge in [0.25, 0.3) is 0 Å². The number of piperidine rings is 1. The molecular formula is C17H17FN4. The predicted molar refractivity (Wildman–Crippen MR) is 84.5 cm³/mol. The van der Waals surface area contributed by atoms with Gasteiger partial charge in [0.05, 0.1) is 0 Å². The molecule has 1 fully saturated rings. The molecule has 1 atom stereocenters. The molecule has 0 aliphatic carbocycles. The number of aromatic amines is 1. The second-order valence-electron chi connectivity index (χ2n) is 5.76. The molecule has 1 aliphatic rings. The molecule has 4 rings (SSSR count). The molecule has 2 aromatic heterocycles. The number of pyridine rings is 1. The Morgan fingerprint density at radius 3 is 3.00 bits per heavy atom. The number of aromatic nitrogens is 3. The molecule has 1 aromatic carbocycles. The first-order valence-electron chi connectivity index (χ1n) is 7.60. The maximum Gasteiger partial charge on any atom is 0.149 e. The number of fused-ring (bicyclic) bond motifs is 1. The molecule has 112 valence electrons. The minimum Gasteiger partial charge on any atom is -0.370 e. The topological polar surface area (TPSA) is 44.8 Å². The van der Waals surface area contributed by atoms with Crippen molar-refractivity contribution in [2.45, 2.75) is 18.8 Å². The Balaban J connectivity index is 1.71. The Morgan fingerprint density at radius 2 is 2.14 bits per heavy atom. The SMILES string of the molecule is Fc1cccc2c(N3CCCC(c4ccn[nH]4)C3)ccnc12. The zero-order valence-electron chi connectivity index (χ0n) is 12.2. The standard InChI is InChI=1S/C17H17FN4/c18-14-5-1-4-13-16(7-8-19-17(13)14)22-10-2-3-12(11-22)15-6-9-20-21-15/h1,4-9,12H,2-3,10-11H2,(H,20,21). The van der Waals surface area contributed by atoms with Gasteiger partial charge in [-0.2, -0.15) is 5.10 Å². The summed E-state index contributed by atoms with van der Waals surface area (Å²) in [7, 11) is 0. The molecule has 0 radical (unpaired) electrons. The number of nitrogens with one attached hydrogen (secondary N) is 1. The molecule has 5 heteroatoms. The van der Waals surface area contributed by atoms with E-state index in [2.05, 4.69) is 20.1 Å². The highest BCUT2D eigenvalue weighted by Gasteiger charge is 2.23. The molecule has 1 saturated heterocycles. The van der Waals surface area contributed by atoms with Crippen molar-refractivity contribution < 1.29 is 4.39 Å². The number of nitrogens with zero attached hydrogens (tertiary/aromatic N) is 3. The Morgan fingerprint density at radius 1 is 1.18 bits per heavy atom. The van der Waals surface area contributed by atoms with Gasteiger partial charge in [-0.05, 0) is 31.0 Å². The molecule has 1 unspecified atom stereocenters. The number of halogens is 1. The van der Waals surface area contributed by atoms with Gasteiger partial charge < -0.3 is 4.90 Å². The van der Waals surface area contributed by atoms with E-state index in [0.29, 0.717) is 11.4 Å².